The summed E-state index contributed by atoms with van der Waals surface area (Å²) in [6.45, 7) is 1.83. The summed E-state index contributed by atoms with van der Waals surface area (Å²) in [4.78, 5) is 21.8. The highest BCUT2D eigenvalue weighted by Crippen LogP contribution is 2.26. The van der Waals surface area contributed by atoms with Gasteiger partial charge in [0.1, 0.15) is 5.82 Å². The smallest absolute Gasteiger partial charge is 0.267 e. The van der Waals surface area contributed by atoms with E-state index in [0.29, 0.717) is 32.9 Å². The van der Waals surface area contributed by atoms with Crippen molar-refractivity contribution in [3.05, 3.63) is 93.4 Å². The van der Waals surface area contributed by atoms with Crippen LogP contribution < -0.4 is 5.56 Å². The van der Waals surface area contributed by atoms with Gasteiger partial charge in [-0.05, 0) is 49.4 Å². The number of aliphatic imine (C=N–C) groups is 1. The monoisotopic (exact) mass is 389 g/mol. The van der Waals surface area contributed by atoms with Gasteiger partial charge in [-0.3, -0.25) is 9.79 Å². The average Bonchev–Trinajstić information content (AvgIpc) is 2.69. The van der Waals surface area contributed by atoms with Crippen LogP contribution in [-0.2, 0) is 0 Å². The van der Waals surface area contributed by atoms with Crippen LogP contribution in [0.25, 0.3) is 16.6 Å². The number of hydrogen-bond donors (Lipinski definition) is 1. The van der Waals surface area contributed by atoms with Crippen molar-refractivity contribution in [2.24, 2.45) is 4.99 Å². The third-order valence-electron chi connectivity index (χ3n) is 4.38. The number of aromatic hydroxyl groups is 1. The molecule has 0 atom stereocenters. The second kappa shape index (κ2) is 7.29. The number of fused-ring (bicyclic) bond motifs is 1. The molecule has 0 unspecified atom stereocenters. The number of rotatable bonds is 3. The molecule has 2 aromatic carbocycles. The molecule has 0 aliphatic heterocycles. The van der Waals surface area contributed by atoms with E-state index in [2.05, 4.69) is 9.98 Å². The van der Waals surface area contributed by atoms with Gasteiger partial charge in [0.2, 0.25) is 5.88 Å². The molecule has 2 aromatic heterocycles. The van der Waals surface area contributed by atoms with E-state index < -0.39 is 0 Å². The van der Waals surface area contributed by atoms with Crippen molar-refractivity contribution >= 4 is 34.3 Å². The summed E-state index contributed by atoms with van der Waals surface area (Å²) >= 11 is 5.91. The van der Waals surface area contributed by atoms with Gasteiger partial charge in [0, 0.05) is 27.7 Å². The molecule has 28 heavy (non-hydrogen) atoms. The Morgan fingerprint density at radius 2 is 1.71 bits per heavy atom. The molecule has 0 spiro atoms. The molecule has 0 saturated carbocycles. The summed E-state index contributed by atoms with van der Waals surface area (Å²) < 4.78 is 1.21. The Labute approximate surface area is 166 Å². The van der Waals surface area contributed by atoms with Crippen LogP contribution in [-0.4, -0.2) is 20.9 Å². The summed E-state index contributed by atoms with van der Waals surface area (Å²) in [6, 6.07) is 19.4. The van der Waals surface area contributed by atoms with Crippen molar-refractivity contribution in [1.82, 2.24) is 9.55 Å². The lowest BCUT2D eigenvalue weighted by Gasteiger charge is -2.13. The van der Waals surface area contributed by atoms with Crippen molar-refractivity contribution in [2.75, 3.05) is 0 Å². The molecule has 0 aliphatic rings. The Balaban J connectivity index is 1.97. The number of hydrogen-bond acceptors (Lipinski definition) is 4. The second-order valence-corrected chi connectivity index (χ2v) is 6.73. The van der Waals surface area contributed by atoms with E-state index in [-0.39, 0.29) is 11.4 Å². The summed E-state index contributed by atoms with van der Waals surface area (Å²) in [5.74, 6) is 0.147. The van der Waals surface area contributed by atoms with E-state index in [0.717, 1.165) is 5.69 Å². The van der Waals surface area contributed by atoms with E-state index in [4.69, 9.17) is 11.6 Å². The van der Waals surface area contributed by atoms with Crippen LogP contribution in [0.3, 0.4) is 0 Å². The second-order valence-electron chi connectivity index (χ2n) is 6.30. The van der Waals surface area contributed by atoms with Crippen LogP contribution in [0.5, 0.6) is 5.88 Å². The van der Waals surface area contributed by atoms with E-state index in [1.807, 2.05) is 19.1 Å². The van der Waals surface area contributed by atoms with Crippen molar-refractivity contribution in [2.45, 2.75) is 6.92 Å². The van der Waals surface area contributed by atoms with Gasteiger partial charge in [-0.25, -0.2) is 9.55 Å². The SMILES string of the molecule is Cc1cccc(-n2c(O)c(C=Nc3ccc(Cl)cc3)c3ccccc3c2=O)n1. The molecule has 0 aliphatic carbocycles. The predicted molar refractivity (Wildman–Crippen MR) is 112 cm³/mol. The normalized spacial score (nSPS) is 11.4. The lowest BCUT2D eigenvalue weighted by Crippen LogP contribution is -2.21. The molecule has 2 heterocycles. The van der Waals surface area contributed by atoms with Crippen LogP contribution in [0.2, 0.25) is 5.02 Å². The van der Waals surface area contributed by atoms with Gasteiger partial charge in [0.15, 0.2) is 0 Å². The highest BCUT2D eigenvalue weighted by molar-refractivity contribution is 6.30. The maximum atomic E-state index is 13.0. The Morgan fingerprint density at radius 1 is 1.00 bits per heavy atom. The summed E-state index contributed by atoms with van der Waals surface area (Å²) in [6.07, 6.45) is 1.55. The first-order valence-corrected chi connectivity index (χ1v) is 9.03. The predicted octanol–water partition coefficient (Wildman–Crippen LogP) is 4.80. The zero-order valence-electron chi connectivity index (χ0n) is 15.0. The fourth-order valence-corrected chi connectivity index (χ4v) is 3.15. The van der Waals surface area contributed by atoms with Crippen molar-refractivity contribution in [3.8, 4) is 11.7 Å². The molecule has 0 radical (unpaired) electrons. The fraction of sp³-hybridized carbons (Fsp3) is 0.0455. The highest BCUT2D eigenvalue weighted by Gasteiger charge is 2.17. The Kier molecular flexibility index (Phi) is 4.67. The quantitative estimate of drug-likeness (QED) is 0.511. The number of aryl methyl sites for hydroxylation is 1. The van der Waals surface area contributed by atoms with Gasteiger partial charge in [0.05, 0.1) is 11.3 Å². The third kappa shape index (κ3) is 3.28. The molecule has 0 fully saturated rings. The first kappa shape index (κ1) is 17.9. The molecule has 138 valence electrons. The molecular weight excluding hydrogens is 374 g/mol. The number of halogens is 1. The van der Waals surface area contributed by atoms with Crippen LogP contribution in [0.4, 0.5) is 5.69 Å². The summed E-state index contributed by atoms with van der Waals surface area (Å²) in [5.41, 5.74) is 1.52. The summed E-state index contributed by atoms with van der Waals surface area (Å²) in [5, 5.41) is 12.7. The molecule has 4 rings (SSSR count). The van der Waals surface area contributed by atoms with Gasteiger partial charge in [0.25, 0.3) is 5.56 Å². The average molecular weight is 390 g/mol. The molecule has 0 amide bonds. The van der Waals surface area contributed by atoms with Crippen LogP contribution in [0.1, 0.15) is 11.3 Å². The number of nitrogens with zero attached hydrogens (tertiary/aromatic N) is 3. The minimum absolute atomic E-state index is 0.209. The topological polar surface area (TPSA) is 67.5 Å². The largest absolute Gasteiger partial charge is 0.494 e. The lowest BCUT2D eigenvalue weighted by atomic mass is 10.1. The summed E-state index contributed by atoms with van der Waals surface area (Å²) in [7, 11) is 0. The van der Waals surface area contributed by atoms with Gasteiger partial charge in [-0.1, -0.05) is 35.9 Å². The van der Waals surface area contributed by atoms with E-state index >= 15 is 0 Å². The minimum atomic E-state index is -0.338. The molecule has 0 saturated heterocycles. The number of pyridine rings is 2. The van der Waals surface area contributed by atoms with E-state index in [1.54, 1.807) is 60.8 Å². The third-order valence-corrected chi connectivity index (χ3v) is 4.63. The van der Waals surface area contributed by atoms with Crippen molar-refractivity contribution < 1.29 is 5.11 Å². The fourth-order valence-electron chi connectivity index (χ4n) is 3.02. The zero-order chi connectivity index (χ0) is 19.7. The molecule has 0 bridgehead atoms. The molecular formula is C22H16ClN3O2. The maximum absolute atomic E-state index is 13.0. The number of benzene rings is 2. The highest BCUT2D eigenvalue weighted by atomic mass is 35.5. The van der Waals surface area contributed by atoms with Crippen LogP contribution in [0, 0.1) is 6.92 Å². The maximum Gasteiger partial charge on any atom is 0.267 e. The Hall–Kier alpha value is -3.44. The van der Waals surface area contributed by atoms with E-state index in [9.17, 15) is 9.90 Å². The van der Waals surface area contributed by atoms with Crippen LogP contribution >= 0.6 is 11.6 Å². The lowest BCUT2D eigenvalue weighted by molar-refractivity contribution is 0.435. The zero-order valence-corrected chi connectivity index (χ0v) is 15.8. The molecule has 4 aromatic rings. The first-order chi connectivity index (χ1) is 13.5. The van der Waals surface area contributed by atoms with Crippen molar-refractivity contribution in [1.29, 1.82) is 0 Å². The Morgan fingerprint density at radius 3 is 2.43 bits per heavy atom. The standard InChI is InChI=1S/C22H16ClN3O2/c1-14-5-4-8-20(25-14)26-21(27)18-7-3-2-6-17(18)19(22(26)28)13-24-16-11-9-15(23)10-12-16/h2-13,28H,1H3. The van der Waals surface area contributed by atoms with Gasteiger partial charge < -0.3 is 5.11 Å². The van der Waals surface area contributed by atoms with E-state index in [1.165, 1.54) is 4.57 Å². The number of aromatic nitrogens is 2. The molecule has 1 N–H and O–H groups in total. The first-order valence-electron chi connectivity index (χ1n) is 8.65. The molecule has 5 nitrogen and oxygen atoms in total. The van der Waals surface area contributed by atoms with Gasteiger partial charge in [-0.2, -0.15) is 0 Å². The van der Waals surface area contributed by atoms with Gasteiger partial charge >= 0.3 is 0 Å². The molecule has 6 heteroatoms. The minimum Gasteiger partial charge on any atom is -0.494 e. The van der Waals surface area contributed by atoms with Gasteiger partial charge in [-0.15, -0.1) is 0 Å². The van der Waals surface area contributed by atoms with Crippen LogP contribution in [0.15, 0.2) is 76.5 Å². The van der Waals surface area contributed by atoms with Crippen molar-refractivity contribution in [3.63, 3.8) is 0 Å². The Bertz CT molecular complexity index is 1260.